The topological polar surface area (TPSA) is 180 Å². The molecule has 0 aromatic rings. The summed E-state index contributed by atoms with van der Waals surface area (Å²) in [5.74, 6) is 0.774. The van der Waals surface area contributed by atoms with Gasteiger partial charge in [0.2, 0.25) is 11.8 Å². The second-order valence-electron chi connectivity index (χ2n) is 8.71. The molecule has 2 aliphatic rings. The number of unbranched alkanes of at least 4 members (excludes halogenated alkanes) is 2. The van der Waals surface area contributed by atoms with E-state index in [4.69, 9.17) is 5.53 Å². The Morgan fingerprint density at radius 1 is 1.24 bits per heavy atom. The molecule has 2 aliphatic heterocycles. The average Bonchev–Trinajstić information content (AvgIpc) is 3.34. The van der Waals surface area contributed by atoms with Gasteiger partial charge >= 0.3 is 13.1 Å². The van der Waals surface area contributed by atoms with Crippen LogP contribution in [0.25, 0.3) is 10.4 Å². The van der Waals surface area contributed by atoms with Crippen LogP contribution in [0.5, 0.6) is 0 Å². The summed E-state index contributed by atoms with van der Waals surface area (Å²) >= 11 is 1.89. The molecule has 6 N–H and O–H groups in total. The first-order chi connectivity index (χ1) is 16.4. The van der Waals surface area contributed by atoms with Crippen molar-refractivity contribution in [1.29, 1.82) is 0 Å². The van der Waals surface area contributed by atoms with Crippen molar-refractivity contribution in [2.45, 2.75) is 81.6 Å². The Bertz CT molecular complexity index is 725. The molecular weight excluding hydrogens is 459 g/mol. The molecule has 4 atom stereocenters. The Morgan fingerprint density at radius 2 is 2.03 bits per heavy atom. The molecular formula is C20H37BN8O4S. The summed E-state index contributed by atoms with van der Waals surface area (Å²) in [6.45, 7) is 2.83. The third-order valence-electron chi connectivity index (χ3n) is 5.88. The molecule has 0 unspecified atom stereocenters. The Hall–Kier alpha value is -2.15. The predicted molar refractivity (Wildman–Crippen MR) is 133 cm³/mol. The first-order valence-electron chi connectivity index (χ1n) is 12.1. The standard InChI is InChI=1S/C20H37BN8O4S/c1-21(33)28-14(19(31)24-11-6-12-25-29-22)7-4-5-10-23-17(30)9-3-2-8-16-18-15(13-34-16)26-20(32)27-18/h14-16,18,28,33H,2-13H2,1H3,(H,23,30)(H,24,31)(H2,26,27,32)/t14-,15-,16-,18-/m0/s1. The van der Waals surface area contributed by atoms with E-state index in [9.17, 15) is 19.4 Å². The Morgan fingerprint density at radius 3 is 2.79 bits per heavy atom. The van der Waals surface area contributed by atoms with Crippen LogP contribution in [0.15, 0.2) is 5.11 Å². The third kappa shape index (κ3) is 10.4. The van der Waals surface area contributed by atoms with Gasteiger partial charge in [0.1, 0.15) is 0 Å². The van der Waals surface area contributed by atoms with Gasteiger partial charge in [0.25, 0.3) is 0 Å². The van der Waals surface area contributed by atoms with Crippen LogP contribution in [0, 0.1) is 0 Å². The summed E-state index contributed by atoms with van der Waals surface area (Å²) in [7, 11) is -0.812. The van der Waals surface area contributed by atoms with Crippen LogP contribution in [0.4, 0.5) is 4.79 Å². The van der Waals surface area contributed by atoms with Crippen LogP contribution in [0.1, 0.15) is 51.4 Å². The summed E-state index contributed by atoms with van der Waals surface area (Å²) in [4.78, 5) is 38.5. The highest BCUT2D eigenvalue weighted by molar-refractivity contribution is 8.00. The summed E-state index contributed by atoms with van der Waals surface area (Å²) in [5, 5.41) is 27.9. The second-order valence-corrected chi connectivity index (χ2v) is 9.98. The lowest BCUT2D eigenvalue weighted by Gasteiger charge is -2.19. The van der Waals surface area contributed by atoms with E-state index in [1.54, 1.807) is 6.82 Å². The molecule has 0 aromatic heterocycles. The number of fused-ring (bicyclic) bond motifs is 1. The van der Waals surface area contributed by atoms with Crippen LogP contribution >= 0.6 is 11.8 Å². The number of hydrogen-bond donors (Lipinski definition) is 6. The number of nitrogens with zero attached hydrogens (tertiary/aromatic N) is 3. The maximum Gasteiger partial charge on any atom is 0.374 e. The van der Waals surface area contributed by atoms with Gasteiger partial charge in [0.15, 0.2) is 0 Å². The van der Waals surface area contributed by atoms with Crippen molar-refractivity contribution < 1.29 is 19.4 Å². The monoisotopic (exact) mass is 496 g/mol. The summed E-state index contributed by atoms with van der Waals surface area (Å²) < 4.78 is 0. The summed E-state index contributed by atoms with van der Waals surface area (Å²) in [6.07, 6.45) is 5.80. The van der Waals surface area contributed by atoms with E-state index in [1.807, 2.05) is 11.8 Å². The van der Waals surface area contributed by atoms with E-state index < -0.39 is 13.1 Å². The fraction of sp³-hybridized carbons (Fsp3) is 0.850. The molecule has 2 fully saturated rings. The number of urea groups is 1. The van der Waals surface area contributed by atoms with E-state index in [1.165, 1.54) is 0 Å². The first kappa shape index (κ1) is 28.1. The highest BCUT2D eigenvalue weighted by Crippen LogP contribution is 2.33. The van der Waals surface area contributed by atoms with Gasteiger partial charge in [0.05, 0.1) is 18.1 Å². The molecule has 0 aliphatic carbocycles. The SMILES string of the molecule is CB(O)N[C@@H](CCCCNC(=O)CCCC[C@@H]1SC[C@@H]2NC(=O)N[C@@H]21)C(=O)NCCCN=[N+]=[N-]. The fourth-order valence-corrected chi connectivity index (χ4v) is 5.72. The zero-order valence-electron chi connectivity index (χ0n) is 19.8. The normalized spacial score (nSPS) is 21.6. The van der Waals surface area contributed by atoms with Gasteiger partial charge in [-0.3, -0.25) is 9.59 Å². The molecule has 0 radical (unpaired) electrons. The van der Waals surface area contributed by atoms with Crippen molar-refractivity contribution >= 4 is 36.7 Å². The zero-order chi connectivity index (χ0) is 24.8. The number of amides is 4. The number of carbonyl (C=O) groups excluding carboxylic acids is 3. The van der Waals surface area contributed by atoms with E-state index >= 15 is 0 Å². The molecule has 2 rings (SSSR count). The molecule has 4 amide bonds. The van der Waals surface area contributed by atoms with Gasteiger partial charge in [-0.25, -0.2) is 4.79 Å². The number of carbonyl (C=O) groups is 3. The fourth-order valence-electron chi connectivity index (χ4n) is 4.17. The Labute approximate surface area is 205 Å². The number of thioether (sulfide) groups is 1. The number of rotatable bonds is 17. The van der Waals surface area contributed by atoms with Crippen molar-refractivity contribution in [2.75, 3.05) is 25.4 Å². The number of nitrogens with one attached hydrogen (secondary N) is 5. The minimum Gasteiger partial charge on any atom is -0.437 e. The minimum atomic E-state index is -0.812. The van der Waals surface area contributed by atoms with Crippen molar-refractivity contribution in [3.8, 4) is 0 Å². The van der Waals surface area contributed by atoms with Gasteiger partial charge < -0.3 is 31.5 Å². The minimum absolute atomic E-state index is 0.0317. The van der Waals surface area contributed by atoms with Gasteiger partial charge in [-0.05, 0) is 50.9 Å². The zero-order valence-corrected chi connectivity index (χ0v) is 20.6. The number of azide groups is 1. The lowest BCUT2D eigenvalue weighted by Crippen LogP contribution is -2.49. The highest BCUT2D eigenvalue weighted by Gasteiger charge is 2.42. The molecule has 190 valence electrons. The quantitative estimate of drug-likeness (QED) is 0.0434. The van der Waals surface area contributed by atoms with Gasteiger partial charge in [0, 0.05) is 42.0 Å². The van der Waals surface area contributed by atoms with Crippen molar-refractivity contribution in [2.24, 2.45) is 5.11 Å². The van der Waals surface area contributed by atoms with Crippen molar-refractivity contribution in [3.05, 3.63) is 10.4 Å². The van der Waals surface area contributed by atoms with Gasteiger partial charge in [-0.15, -0.1) is 0 Å². The lowest BCUT2D eigenvalue weighted by molar-refractivity contribution is -0.123. The molecule has 0 saturated carbocycles. The predicted octanol–water partition coefficient (Wildman–Crippen LogP) is 0.884. The van der Waals surface area contributed by atoms with Gasteiger partial charge in [-0.2, -0.15) is 11.8 Å². The first-order valence-corrected chi connectivity index (χ1v) is 13.1. The number of hydrogen-bond acceptors (Lipinski definition) is 7. The van der Waals surface area contributed by atoms with Gasteiger partial charge in [-0.1, -0.05) is 11.5 Å². The van der Waals surface area contributed by atoms with Crippen LogP contribution < -0.4 is 26.5 Å². The van der Waals surface area contributed by atoms with E-state index in [0.29, 0.717) is 44.1 Å². The molecule has 14 heteroatoms. The lowest BCUT2D eigenvalue weighted by atomic mass is 9.86. The molecule has 2 saturated heterocycles. The molecule has 12 nitrogen and oxygen atoms in total. The maximum atomic E-state index is 12.3. The van der Waals surface area contributed by atoms with Crippen LogP contribution in [0.2, 0.25) is 6.82 Å². The van der Waals surface area contributed by atoms with E-state index in [2.05, 4.69) is 36.5 Å². The summed E-state index contributed by atoms with van der Waals surface area (Å²) in [6, 6.07) is -0.159. The van der Waals surface area contributed by atoms with E-state index in [0.717, 1.165) is 37.9 Å². The molecule has 0 aromatic carbocycles. The maximum absolute atomic E-state index is 12.3. The highest BCUT2D eigenvalue weighted by atomic mass is 32.2. The summed E-state index contributed by atoms with van der Waals surface area (Å²) in [5.41, 5.74) is 8.26. The largest absolute Gasteiger partial charge is 0.437 e. The van der Waals surface area contributed by atoms with Crippen molar-refractivity contribution in [1.82, 2.24) is 26.5 Å². The Kier molecular flexibility index (Phi) is 13.0. The van der Waals surface area contributed by atoms with Crippen LogP contribution in [-0.4, -0.2) is 78.7 Å². The average molecular weight is 496 g/mol. The molecule has 0 spiro atoms. The Balaban J connectivity index is 1.52. The molecule has 0 bridgehead atoms. The van der Waals surface area contributed by atoms with Crippen molar-refractivity contribution in [3.63, 3.8) is 0 Å². The second kappa shape index (κ2) is 15.7. The van der Waals surface area contributed by atoms with Crippen LogP contribution in [-0.2, 0) is 9.59 Å². The van der Waals surface area contributed by atoms with E-state index in [-0.39, 0.29) is 29.9 Å². The van der Waals surface area contributed by atoms with Crippen LogP contribution in [0.3, 0.4) is 0 Å². The smallest absolute Gasteiger partial charge is 0.374 e. The molecule has 2 heterocycles. The molecule has 34 heavy (non-hydrogen) atoms. The third-order valence-corrected chi connectivity index (χ3v) is 7.39.